The summed E-state index contributed by atoms with van der Waals surface area (Å²) in [5.41, 5.74) is 2.33. The van der Waals surface area contributed by atoms with E-state index in [4.69, 9.17) is 33.9 Å². The molecule has 0 N–H and O–H groups in total. The van der Waals surface area contributed by atoms with Crippen LogP contribution in [-0.4, -0.2) is 103 Å². The maximum absolute atomic E-state index is 15.4. The molecule has 1 amide bonds. The number of amides is 1. The predicted molar refractivity (Wildman–Crippen MR) is 244 cm³/mol. The van der Waals surface area contributed by atoms with E-state index < -0.39 is 23.3 Å². The van der Waals surface area contributed by atoms with Crippen LogP contribution in [-0.2, 0) is 36.8 Å². The van der Waals surface area contributed by atoms with Gasteiger partial charge in [0.1, 0.15) is 35.3 Å². The van der Waals surface area contributed by atoms with E-state index in [9.17, 15) is 4.79 Å². The fourth-order valence-electron chi connectivity index (χ4n) is 10.4. The Labute approximate surface area is 381 Å². The van der Waals surface area contributed by atoms with E-state index in [1.807, 2.05) is 88.2 Å². The molecule has 4 aromatic rings. The number of halogens is 3. The van der Waals surface area contributed by atoms with Crippen molar-refractivity contribution in [2.24, 2.45) is 11.8 Å². The van der Waals surface area contributed by atoms with E-state index in [1.54, 1.807) is 25.2 Å². The first-order valence-corrected chi connectivity index (χ1v) is 23.0. The van der Waals surface area contributed by atoms with Gasteiger partial charge in [0.05, 0.1) is 36.7 Å². The van der Waals surface area contributed by atoms with Crippen molar-refractivity contribution in [1.29, 1.82) is 0 Å². The number of nitrogens with zero attached hydrogens (tertiary/aromatic N) is 7. The fraction of sp³-hybridized carbons (Fsp3) is 0.560. The van der Waals surface area contributed by atoms with Gasteiger partial charge < -0.3 is 33.6 Å². The Kier molecular flexibility index (Phi) is 13.2. The maximum Gasteiger partial charge on any atom is 0.418 e. The van der Waals surface area contributed by atoms with Crippen LogP contribution in [0.2, 0.25) is 0 Å². The largest absolute Gasteiger partial charge is 0.497 e. The highest BCUT2D eigenvalue weighted by molar-refractivity contribution is 5.69. The monoisotopic (exact) mass is 899 g/mol. The lowest BCUT2D eigenvalue weighted by atomic mass is 9.75. The smallest absolute Gasteiger partial charge is 0.418 e. The summed E-state index contributed by atoms with van der Waals surface area (Å²) in [7, 11) is 5.22. The van der Waals surface area contributed by atoms with Gasteiger partial charge >= 0.3 is 18.3 Å². The molecule has 3 aliphatic heterocycles. The zero-order chi connectivity index (χ0) is 46.3. The molecule has 0 radical (unpaired) electrons. The number of aryl methyl sites for hydroxylation is 1. The highest BCUT2D eigenvalue weighted by Crippen LogP contribution is 2.46. The number of anilines is 2. The molecule has 8 rings (SSSR count). The zero-order valence-electron chi connectivity index (χ0n) is 39.1. The van der Waals surface area contributed by atoms with Gasteiger partial charge in [0.2, 0.25) is 0 Å². The second kappa shape index (κ2) is 18.5. The van der Waals surface area contributed by atoms with Crippen molar-refractivity contribution in [3.63, 3.8) is 0 Å². The van der Waals surface area contributed by atoms with Crippen LogP contribution in [0.5, 0.6) is 17.5 Å². The number of hydrogen-bond acceptors (Lipinski definition) is 11. The van der Waals surface area contributed by atoms with Crippen molar-refractivity contribution in [2.75, 3.05) is 70.4 Å². The molecule has 65 heavy (non-hydrogen) atoms. The number of carbonyl (C=O) groups excluding carboxylic acids is 1. The summed E-state index contributed by atoms with van der Waals surface area (Å²) < 4.78 is 69.2. The normalized spacial score (nSPS) is 19.6. The van der Waals surface area contributed by atoms with E-state index in [1.165, 1.54) is 6.92 Å². The minimum Gasteiger partial charge on any atom is -0.497 e. The number of ether oxygens (including phenoxy) is 4. The molecule has 0 saturated carbocycles. The van der Waals surface area contributed by atoms with E-state index in [2.05, 4.69) is 9.80 Å². The highest BCUT2D eigenvalue weighted by Gasteiger charge is 2.46. The van der Waals surface area contributed by atoms with Crippen molar-refractivity contribution >= 4 is 17.7 Å². The molecule has 12 nitrogen and oxygen atoms in total. The van der Waals surface area contributed by atoms with Crippen molar-refractivity contribution < 1.29 is 36.9 Å². The summed E-state index contributed by atoms with van der Waals surface area (Å²) in [6.07, 6.45) is 0.0642. The second-order valence-electron chi connectivity index (χ2n) is 19.7. The molecule has 350 valence electrons. The lowest BCUT2D eigenvalue weighted by molar-refractivity contribution is -0.139. The average Bonchev–Trinajstić information content (AvgIpc) is 3.83. The lowest BCUT2D eigenvalue weighted by Crippen LogP contribution is -2.54. The molecule has 5 heterocycles. The van der Waals surface area contributed by atoms with Gasteiger partial charge in [-0.25, -0.2) is 9.78 Å². The van der Waals surface area contributed by atoms with E-state index >= 15 is 13.2 Å². The summed E-state index contributed by atoms with van der Waals surface area (Å²) in [4.78, 5) is 36.3. The summed E-state index contributed by atoms with van der Waals surface area (Å²) in [5, 5.41) is 0. The summed E-state index contributed by atoms with van der Waals surface area (Å²) >= 11 is 0. The summed E-state index contributed by atoms with van der Waals surface area (Å²) in [5.74, 6) is 1.95. The van der Waals surface area contributed by atoms with Gasteiger partial charge in [-0.05, 0) is 132 Å². The number of hydrogen-bond donors (Lipinski definition) is 0. The summed E-state index contributed by atoms with van der Waals surface area (Å²) in [6, 6.07) is 17.2. The number of fused-ring (bicyclic) bond motifs is 2. The second-order valence-corrected chi connectivity index (χ2v) is 19.7. The van der Waals surface area contributed by atoms with Gasteiger partial charge in [-0.1, -0.05) is 31.2 Å². The Hall–Kier alpha value is -5.31. The first-order chi connectivity index (χ1) is 30.9. The van der Waals surface area contributed by atoms with Crippen LogP contribution < -0.4 is 24.0 Å². The van der Waals surface area contributed by atoms with Crippen LogP contribution in [0, 0.1) is 18.8 Å². The first kappa shape index (κ1) is 46.2. The minimum absolute atomic E-state index is 0.0271. The molecule has 3 fully saturated rings. The summed E-state index contributed by atoms with van der Waals surface area (Å²) in [6.45, 7) is 14.2. The quantitative estimate of drug-likeness (QED) is 0.121. The molecule has 2 aromatic carbocycles. The molecule has 0 spiro atoms. The van der Waals surface area contributed by atoms with Crippen molar-refractivity contribution in [1.82, 2.24) is 24.8 Å². The number of methoxy groups -OCH3 is 2. The van der Waals surface area contributed by atoms with Crippen molar-refractivity contribution in [2.45, 2.75) is 109 Å². The third-order valence-corrected chi connectivity index (χ3v) is 13.7. The number of alkyl halides is 3. The van der Waals surface area contributed by atoms with E-state index in [0.29, 0.717) is 68.8 Å². The van der Waals surface area contributed by atoms with Gasteiger partial charge in [-0.15, -0.1) is 0 Å². The number of likely N-dealkylation sites (tertiary alicyclic amines) is 1. The number of pyridine rings is 1. The number of carbonyl (C=O) groups is 1. The standard InChI is InChI=1S/C50H64F3N7O5/c1-32-23-40-41(54-46(64-31-49-19-9-21-60(49)22-10-20-49)56-45(40)57(6)26-36-29-59(30-36)47(61)65-48(3,4)5)25-39(32)44-43(50(51,52)53)33(2)24-42(55-44)58(27-34-11-15-37(62-7)16-12-34)28-35-13-17-38(63-8)18-14-35/h11-18,24,32,36,39H,9-10,19-23,25-31H2,1-8H3. The SMILES string of the molecule is COc1ccc(CN(Cc2ccc(OC)cc2)c2cc(C)c(C(F)(F)F)c(C3Cc4nc(OCC56CCCN5CCC6)nc(N(C)CC5CN(C(=O)OC(C)(C)C)C5)c4CC3C)n2)cc1. The third-order valence-electron chi connectivity index (χ3n) is 13.7. The van der Waals surface area contributed by atoms with Crippen LogP contribution in [0.4, 0.5) is 29.6 Å². The van der Waals surface area contributed by atoms with Crippen LogP contribution in [0.1, 0.15) is 98.5 Å². The molecule has 15 heteroatoms. The molecule has 2 atom stereocenters. The molecule has 1 aliphatic carbocycles. The molecule has 4 aliphatic rings. The van der Waals surface area contributed by atoms with E-state index in [-0.39, 0.29) is 47.2 Å². The number of aromatic nitrogens is 3. The Morgan fingerprint density at radius 3 is 2.03 bits per heavy atom. The highest BCUT2D eigenvalue weighted by atomic mass is 19.4. The van der Waals surface area contributed by atoms with Crippen LogP contribution in [0.25, 0.3) is 0 Å². The Morgan fingerprint density at radius 1 is 0.877 bits per heavy atom. The predicted octanol–water partition coefficient (Wildman–Crippen LogP) is 9.25. The van der Waals surface area contributed by atoms with E-state index in [0.717, 1.165) is 61.3 Å². The van der Waals surface area contributed by atoms with Gasteiger partial charge in [-0.3, -0.25) is 4.90 Å². The Morgan fingerprint density at radius 2 is 1.48 bits per heavy atom. The molecule has 2 unspecified atom stereocenters. The molecular weight excluding hydrogens is 836 g/mol. The average molecular weight is 900 g/mol. The van der Waals surface area contributed by atoms with Crippen molar-refractivity contribution in [3.8, 4) is 17.5 Å². The van der Waals surface area contributed by atoms with Crippen LogP contribution >= 0.6 is 0 Å². The Balaban J connectivity index is 1.14. The van der Waals surface area contributed by atoms with Gasteiger partial charge in [0.15, 0.2) is 0 Å². The third kappa shape index (κ3) is 10.2. The van der Waals surface area contributed by atoms with Crippen LogP contribution in [0.15, 0.2) is 54.6 Å². The first-order valence-electron chi connectivity index (χ1n) is 23.0. The number of benzene rings is 2. The fourth-order valence-corrected chi connectivity index (χ4v) is 10.4. The van der Waals surface area contributed by atoms with Gasteiger partial charge in [-0.2, -0.15) is 23.1 Å². The van der Waals surface area contributed by atoms with Gasteiger partial charge in [0, 0.05) is 57.2 Å². The Bertz CT molecular complexity index is 2250. The zero-order valence-corrected chi connectivity index (χ0v) is 39.1. The topological polar surface area (TPSA) is 106 Å². The van der Waals surface area contributed by atoms with Crippen molar-refractivity contribution in [3.05, 3.63) is 93.8 Å². The minimum atomic E-state index is -4.64. The molecular formula is C50H64F3N7O5. The maximum atomic E-state index is 15.4. The van der Waals surface area contributed by atoms with Crippen LogP contribution in [0.3, 0.4) is 0 Å². The number of rotatable bonds is 14. The van der Waals surface area contributed by atoms with Gasteiger partial charge in [0.25, 0.3) is 0 Å². The molecule has 3 saturated heterocycles. The lowest BCUT2D eigenvalue weighted by Gasteiger charge is -2.42. The molecule has 0 bridgehead atoms. The molecule has 2 aromatic heterocycles.